The normalized spacial score (nSPS) is 11.4. The lowest BCUT2D eigenvalue weighted by molar-refractivity contribution is -0.139. The molecule has 3 nitrogen and oxygen atoms in total. The maximum Gasteiger partial charge on any atom is 0.359 e. The zero-order valence-corrected chi connectivity index (χ0v) is 7.86. The second-order valence-electron chi connectivity index (χ2n) is 2.59. The first-order valence-electron chi connectivity index (χ1n) is 4.28. The molecule has 0 aliphatic heterocycles. The number of carbonyl (C=O) groups is 1. The molecule has 70 valence electrons. The first-order valence-corrected chi connectivity index (χ1v) is 4.28. The van der Waals surface area contributed by atoms with Gasteiger partial charge < -0.3 is 4.84 Å². The predicted octanol–water partition coefficient (Wildman–Crippen LogP) is 1.80. The summed E-state index contributed by atoms with van der Waals surface area (Å²) in [6.45, 7) is 3.75. The standard InChI is InChI=1S/C10H13NO2/c1-3-9(4-2)10(12)13-11-7-5-6-8-11/h3,5-8H,4H2,1-2H3/b9-3+. The number of rotatable bonds is 3. The molecule has 1 aromatic heterocycles. The van der Waals surface area contributed by atoms with Crippen LogP contribution in [-0.2, 0) is 4.79 Å². The van der Waals surface area contributed by atoms with Crippen LogP contribution in [0.4, 0.5) is 0 Å². The topological polar surface area (TPSA) is 31.2 Å². The Labute approximate surface area is 77.6 Å². The highest BCUT2D eigenvalue weighted by Gasteiger charge is 2.07. The summed E-state index contributed by atoms with van der Waals surface area (Å²) in [5, 5.41) is 0. The van der Waals surface area contributed by atoms with Crippen LogP contribution in [0.25, 0.3) is 0 Å². The number of nitrogens with zero attached hydrogens (tertiary/aromatic N) is 1. The fourth-order valence-corrected chi connectivity index (χ4v) is 1.00. The van der Waals surface area contributed by atoms with Gasteiger partial charge in [0.05, 0.1) is 0 Å². The van der Waals surface area contributed by atoms with E-state index in [2.05, 4.69) is 0 Å². The fraction of sp³-hybridized carbons (Fsp3) is 0.300. The van der Waals surface area contributed by atoms with Crippen molar-refractivity contribution in [1.29, 1.82) is 0 Å². The van der Waals surface area contributed by atoms with Crippen LogP contribution in [0.2, 0.25) is 0 Å². The highest BCUT2D eigenvalue weighted by Crippen LogP contribution is 2.01. The Morgan fingerprint density at radius 1 is 1.46 bits per heavy atom. The van der Waals surface area contributed by atoms with E-state index in [-0.39, 0.29) is 5.97 Å². The molecule has 0 radical (unpaired) electrons. The van der Waals surface area contributed by atoms with Gasteiger partial charge in [0.1, 0.15) is 0 Å². The lowest BCUT2D eigenvalue weighted by Crippen LogP contribution is -2.19. The lowest BCUT2D eigenvalue weighted by Gasteiger charge is -2.04. The molecule has 3 heteroatoms. The minimum absolute atomic E-state index is 0.291. The van der Waals surface area contributed by atoms with Crippen molar-refractivity contribution in [2.75, 3.05) is 0 Å². The molecule has 1 heterocycles. The minimum Gasteiger partial charge on any atom is -0.332 e. The molecule has 0 saturated carbocycles. The third-order valence-electron chi connectivity index (χ3n) is 1.76. The zero-order chi connectivity index (χ0) is 9.68. The maximum atomic E-state index is 11.4. The molecule has 0 aliphatic carbocycles. The van der Waals surface area contributed by atoms with Crippen molar-refractivity contribution >= 4 is 5.97 Å². The summed E-state index contributed by atoms with van der Waals surface area (Å²) in [7, 11) is 0. The molecule has 0 bridgehead atoms. The van der Waals surface area contributed by atoms with Gasteiger partial charge in [-0.15, -0.1) is 0 Å². The van der Waals surface area contributed by atoms with Gasteiger partial charge in [0.25, 0.3) is 0 Å². The van der Waals surface area contributed by atoms with Gasteiger partial charge in [-0.05, 0) is 25.5 Å². The van der Waals surface area contributed by atoms with Crippen LogP contribution in [0, 0.1) is 0 Å². The van der Waals surface area contributed by atoms with Crippen LogP contribution >= 0.6 is 0 Å². The maximum absolute atomic E-state index is 11.4. The first kappa shape index (κ1) is 9.58. The van der Waals surface area contributed by atoms with Gasteiger partial charge in [-0.2, -0.15) is 4.73 Å². The number of aromatic nitrogens is 1. The van der Waals surface area contributed by atoms with Gasteiger partial charge in [-0.1, -0.05) is 13.0 Å². The van der Waals surface area contributed by atoms with Gasteiger partial charge in [0, 0.05) is 18.0 Å². The Balaban J connectivity index is 2.60. The SMILES string of the molecule is C/C=C(\CC)C(=O)On1cccc1. The van der Waals surface area contributed by atoms with Crippen molar-refractivity contribution in [3.05, 3.63) is 36.2 Å². The van der Waals surface area contributed by atoms with Gasteiger partial charge in [-0.3, -0.25) is 0 Å². The van der Waals surface area contributed by atoms with Gasteiger partial charge in [0.15, 0.2) is 0 Å². The highest BCUT2D eigenvalue weighted by atomic mass is 16.7. The van der Waals surface area contributed by atoms with E-state index in [0.717, 1.165) is 0 Å². The number of hydrogen-bond donors (Lipinski definition) is 0. The van der Waals surface area contributed by atoms with Crippen molar-refractivity contribution in [3.8, 4) is 0 Å². The van der Waals surface area contributed by atoms with Crippen molar-refractivity contribution in [2.45, 2.75) is 20.3 Å². The molecule has 0 atom stereocenters. The minimum atomic E-state index is -0.291. The summed E-state index contributed by atoms with van der Waals surface area (Å²) in [6, 6.07) is 3.60. The number of allylic oxidation sites excluding steroid dienone is 1. The highest BCUT2D eigenvalue weighted by molar-refractivity contribution is 5.88. The molecule has 13 heavy (non-hydrogen) atoms. The second kappa shape index (κ2) is 4.50. The number of hydrogen-bond acceptors (Lipinski definition) is 2. The molecule has 0 unspecified atom stereocenters. The van der Waals surface area contributed by atoms with E-state index in [1.54, 1.807) is 30.6 Å². The Morgan fingerprint density at radius 3 is 2.54 bits per heavy atom. The third-order valence-corrected chi connectivity index (χ3v) is 1.76. The molecule has 0 fully saturated rings. The summed E-state index contributed by atoms with van der Waals surface area (Å²) < 4.78 is 1.39. The Bertz CT molecular complexity index is 299. The molecule has 0 aliphatic rings. The van der Waals surface area contributed by atoms with E-state index in [0.29, 0.717) is 12.0 Å². The predicted molar refractivity (Wildman–Crippen MR) is 50.1 cm³/mol. The van der Waals surface area contributed by atoms with E-state index in [1.807, 2.05) is 13.8 Å². The number of carbonyl (C=O) groups excluding carboxylic acids is 1. The van der Waals surface area contributed by atoms with Crippen LogP contribution in [0.15, 0.2) is 36.2 Å². The molecule has 0 spiro atoms. The summed E-state index contributed by atoms with van der Waals surface area (Å²) in [5.41, 5.74) is 0.689. The molecular formula is C10H13NO2. The summed E-state index contributed by atoms with van der Waals surface area (Å²) in [5.74, 6) is -0.291. The average molecular weight is 179 g/mol. The van der Waals surface area contributed by atoms with Crippen molar-refractivity contribution in [3.63, 3.8) is 0 Å². The monoisotopic (exact) mass is 179 g/mol. The van der Waals surface area contributed by atoms with Gasteiger partial charge in [0.2, 0.25) is 0 Å². The lowest BCUT2D eigenvalue weighted by atomic mass is 10.2. The van der Waals surface area contributed by atoms with E-state index in [9.17, 15) is 4.79 Å². The van der Waals surface area contributed by atoms with E-state index >= 15 is 0 Å². The van der Waals surface area contributed by atoms with Crippen LogP contribution in [-0.4, -0.2) is 10.7 Å². The third kappa shape index (κ3) is 2.47. The fourth-order valence-electron chi connectivity index (χ4n) is 1.00. The smallest absolute Gasteiger partial charge is 0.332 e. The molecule has 0 saturated heterocycles. The van der Waals surface area contributed by atoms with Crippen molar-refractivity contribution < 1.29 is 9.63 Å². The summed E-state index contributed by atoms with van der Waals surface area (Å²) in [4.78, 5) is 16.4. The Kier molecular flexibility index (Phi) is 3.31. The average Bonchev–Trinajstić information content (AvgIpc) is 2.59. The largest absolute Gasteiger partial charge is 0.359 e. The quantitative estimate of drug-likeness (QED) is 0.662. The van der Waals surface area contributed by atoms with Gasteiger partial charge >= 0.3 is 5.97 Å². The first-order chi connectivity index (χ1) is 6.27. The summed E-state index contributed by atoms with van der Waals surface area (Å²) >= 11 is 0. The van der Waals surface area contributed by atoms with E-state index < -0.39 is 0 Å². The van der Waals surface area contributed by atoms with E-state index in [1.165, 1.54) is 4.73 Å². The van der Waals surface area contributed by atoms with E-state index in [4.69, 9.17) is 4.84 Å². The van der Waals surface area contributed by atoms with Crippen LogP contribution in [0.5, 0.6) is 0 Å². The molecule has 1 aromatic rings. The van der Waals surface area contributed by atoms with Gasteiger partial charge in [-0.25, -0.2) is 4.79 Å². The summed E-state index contributed by atoms with van der Waals surface area (Å²) in [6.07, 6.45) is 5.82. The second-order valence-corrected chi connectivity index (χ2v) is 2.59. The van der Waals surface area contributed by atoms with Crippen LogP contribution in [0.3, 0.4) is 0 Å². The Morgan fingerprint density at radius 2 is 2.08 bits per heavy atom. The molecular weight excluding hydrogens is 166 g/mol. The van der Waals surface area contributed by atoms with Crippen LogP contribution < -0.4 is 4.84 Å². The molecule has 0 N–H and O–H groups in total. The van der Waals surface area contributed by atoms with Crippen LogP contribution in [0.1, 0.15) is 20.3 Å². The van der Waals surface area contributed by atoms with Crippen molar-refractivity contribution in [1.82, 2.24) is 4.73 Å². The molecule has 0 aromatic carbocycles. The van der Waals surface area contributed by atoms with Crippen molar-refractivity contribution in [2.24, 2.45) is 0 Å². The molecule has 0 amide bonds. The molecule has 1 rings (SSSR count). The Hall–Kier alpha value is -1.51. The zero-order valence-electron chi connectivity index (χ0n) is 7.86.